The van der Waals surface area contributed by atoms with Gasteiger partial charge in [0, 0.05) is 18.0 Å². The largest absolute Gasteiger partial charge is 0.401 e. The molecule has 1 fully saturated rings. The van der Waals surface area contributed by atoms with Crippen LogP contribution in [0.2, 0.25) is 0 Å². The fourth-order valence-corrected chi connectivity index (χ4v) is 1.62. The Morgan fingerprint density at radius 1 is 1.12 bits per heavy atom. The first-order chi connectivity index (χ1) is 7.29. The Bertz CT molecular complexity index is 225. The summed E-state index contributed by atoms with van der Waals surface area (Å²) >= 11 is 0. The zero-order chi connectivity index (χ0) is 12.4. The smallest absolute Gasteiger partial charge is 0.396 e. The van der Waals surface area contributed by atoms with E-state index in [0.717, 1.165) is 12.8 Å². The number of aliphatic hydroxyl groups is 2. The maximum atomic E-state index is 12.3. The third-order valence-electron chi connectivity index (χ3n) is 2.79. The van der Waals surface area contributed by atoms with Crippen molar-refractivity contribution in [2.75, 3.05) is 26.3 Å². The summed E-state index contributed by atoms with van der Waals surface area (Å²) in [6.45, 7) is 0.0609. The average molecular weight is 241 g/mol. The number of hydrogen-bond donors (Lipinski definition) is 2. The number of nitrogens with zero attached hydrogens (tertiary/aromatic N) is 1. The summed E-state index contributed by atoms with van der Waals surface area (Å²) in [6.07, 6.45) is -2.69. The third-order valence-corrected chi connectivity index (χ3v) is 2.79. The lowest BCUT2D eigenvalue weighted by Crippen LogP contribution is -2.45. The van der Waals surface area contributed by atoms with E-state index in [-0.39, 0.29) is 25.8 Å². The number of rotatable bonds is 6. The lowest BCUT2D eigenvalue weighted by atomic mass is 9.92. The highest BCUT2D eigenvalue weighted by Gasteiger charge is 2.40. The highest BCUT2D eigenvalue weighted by atomic mass is 19.4. The lowest BCUT2D eigenvalue weighted by Gasteiger charge is -2.33. The predicted octanol–water partition coefficient (Wildman–Crippen LogP) is 1.00. The monoisotopic (exact) mass is 241 g/mol. The van der Waals surface area contributed by atoms with Gasteiger partial charge >= 0.3 is 6.18 Å². The van der Waals surface area contributed by atoms with Gasteiger partial charge in [-0.25, -0.2) is 0 Å². The molecule has 3 nitrogen and oxygen atoms in total. The van der Waals surface area contributed by atoms with E-state index >= 15 is 0 Å². The van der Waals surface area contributed by atoms with Gasteiger partial charge in [0.2, 0.25) is 0 Å². The van der Waals surface area contributed by atoms with Crippen LogP contribution in [0.15, 0.2) is 0 Å². The topological polar surface area (TPSA) is 43.7 Å². The molecule has 0 heterocycles. The van der Waals surface area contributed by atoms with Crippen molar-refractivity contribution < 1.29 is 23.4 Å². The zero-order valence-electron chi connectivity index (χ0n) is 9.30. The van der Waals surface area contributed by atoms with Crippen LogP contribution in [0.5, 0.6) is 0 Å². The van der Waals surface area contributed by atoms with Gasteiger partial charge in [0.15, 0.2) is 0 Å². The molecule has 0 amide bonds. The molecule has 1 aliphatic carbocycles. The van der Waals surface area contributed by atoms with Crippen molar-refractivity contribution in [3.8, 4) is 0 Å². The molecular formula is C10H18F3NO2. The van der Waals surface area contributed by atoms with E-state index in [4.69, 9.17) is 10.2 Å². The number of hydrogen-bond acceptors (Lipinski definition) is 3. The van der Waals surface area contributed by atoms with Gasteiger partial charge in [0.05, 0.1) is 19.8 Å². The van der Waals surface area contributed by atoms with Gasteiger partial charge in [-0.2, -0.15) is 13.2 Å². The Balaban J connectivity index is 2.57. The van der Waals surface area contributed by atoms with Crippen molar-refractivity contribution in [3.05, 3.63) is 0 Å². The Hall–Kier alpha value is -0.330. The van der Waals surface area contributed by atoms with Crippen LogP contribution in [0, 0.1) is 5.41 Å². The first-order valence-electron chi connectivity index (χ1n) is 5.32. The van der Waals surface area contributed by atoms with Crippen LogP contribution in [-0.4, -0.2) is 53.6 Å². The SMILES string of the molecule is CC(CO)(CO)CN(CC(F)(F)F)C1CC1. The third kappa shape index (κ3) is 4.27. The van der Waals surface area contributed by atoms with E-state index in [2.05, 4.69) is 0 Å². The van der Waals surface area contributed by atoms with Gasteiger partial charge in [-0.05, 0) is 12.8 Å². The Labute approximate surface area is 92.9 Å². The maximum absolute atomic E-state index is 12.3. The summed E-state index contributed by atoms with van der Waals surface area (Å²) in [5, 5.41) is 18.1. The Kier molecular flexibility index (Phi) is 4.20. The minimum atomic E-state index is -4.23. The second kappa shape index (κ2) is 4.89. The number of halogens is 3. The van der Waals surface area contributed by atoms with Crippen LogP contribution in [0.1, 0.15) is 19.8 Å². The van der Waals surface area contributed by atoms with Crippen molar-refractivity contribution in [3.63, 3.8) is 0 Å². The summed E-state index contributed by atoms with van der Waals surface area (Å²) < 4.78 is 36.9. The van der Waals surface area contributed by atoms with Crippen molar-refractivity contribution in [1.82, 2.24) is 4.90 Å². The fourth-order valence-electron chi connectivity index (χ4n) is 1.62. The molecule has 1 saturated carbocycles. The summed E-state index contributed by atoms with van der Waals surface area (Å²) in [4.78, 5) is 1.31. The normalized spacial score (nSPS) is 18.2. The molecule has 96 valence electrons. The van der Waals surface area contributed by atoms with E-state index in [1.54, 1.807) is 6.92 Å². The average Bonchev–Trinajstić information content (AvgIpc) is 2.97. The van der Waals surface area contributed by atoms with Gasteiger partial charge in [-0.3, -0.25) is 4.90 Å². The molecular weight excluding hydrogens is 223 g/mol. The minimum absolute atomic E-state index is 0.0425. The molecule has 0 atom stereocenters. The molecule has 0 saturated heterocycles. The Morgan fingerprint density at radius 3 is 1.94 bits per heavy atom. The molecule has 0 aromatic rings. The molecule has 0 radical (unpaired) electrons. The summed E-state index contributed by atoms with van der Waals surface area (Å²) in [6, 6.07) is -0.0425. The van der Waals surface area contributed by atoms with Crippen LogP contribution in [0.4, 0.5) is 13.2 Å². The molecule has 0 spiro atoms. The van der Waals surface area contributed by atoms with Crippen molar-refractivity contribution in [2.24, 2.45) is 5.41 Å². The molecule has 16 heavy (non-hydrogen) atoms. The van der Waals surface area contributed by atoms with Crippen LogP contribution >= 0.6 is 0 Å². The van der Waals surface area contributed by atoms with Crippen molar-refractivity contribution in [2.45, 2.75) is 32.0 Å². The molecule has 0 bridgehead atoms. The van der Waals surface area contributed by atoms with Crippen LogP contribution in [-0.2, 0) is 0 Å². The van der Waals surface area contributed by atoms with Gasteiger partial charge < -0.3 is 10.2 Å². The quantitative estimate of drug-likeness (QED) is 0.729. The minimum Gasteiger partial charge on any atom is -0.396 e. The molecule has 6 heteroatoms. The molecule has 1 rings (SSSR count). The van der Waals surface area contributed by atoms with E-state index in [1.807, 2.05) is 0 Å². The standard InChI is InChI=1S/C10H18F3NO2/c1-9(6-15,7-16)4-14(8-2-3-8)5-10(11,12)13/h8,15-16H,2-7H2,1H3. The summed E-state index contributed by atoms with van der Waals surface area (Å²) in [5.74, 6) is 0. The molecule has 0 aromatic heterocycles. The molecule has 2 N–H and O–H groups in total. The van der Waals surface area contributed by atoms with Crippen LogP contribution in [0.25, 0.3) is 0 Å². The van der Waals surface area contributed by atoms with Gasteiger partial charge in [-0.15, -0.1) is 0 Å². The second-order valence-electron chi connectivity index (χ2n) is 4.88. The number of aliphatic hydroxyl groups excluding tert-OH is 2. The van der Waals surface area contributed by atoms with Crippen molar-refractivity contribution >= 4 is 0 Å². The summed E-state index contributed by atoms with van der Waals surface area (Å²) in [5.41, 5.74) is -0.867. The van der Waals surface area contributed by atoms with Crippen molar-refractivity contribution in [1.29, 1.82) is 0 Å². The van der Waals surface area contributed by atoms with E-state index in [0.29, 0.717) is 0 Å². The lowest BCUT2D eigenvalue weighted by molar-refractivity contribution is -0.152. The van der Waals surface area contributed by atoms with E-state index in [1.165, 1.54) is 4.90 Å². The fraction of sp³-hybridized carbons (Fsp3) is 1.00. The van der Waals surface area contributed by atoms with Gasteiger partial charge in [0.25, 0.3) is 0 Å². The van der Waals surface area contributed by atoms with E-state index in [9.17, 15) is 13.2 Å². The molecule has 0 unspecified atom stereocenters. The first kappa shape index (κ1) is 13.7. The molecule has 1 aliphatic rings. The summed E-state index contributed by atoms with van der Waals surface area (Å²) in [7, 11) is 0. The van der Waals surface area contributed by atoms with Crippen LogP contribution < -0.4 is 0 Å². The van der Waals surface area contributed by atoms with Gasteiger partial charge in [0.1, 0.15) is 0 Å². The van der Waals surface area contributed by atoms with Gasteiger partial charge in [-0.1, -0.05) is 6.92 Å². The van der Waals surface area contributed by atoms with E-state index < -0.39 is 18.1 Å². The molecule has 0 aromatic carbocycles. The Morgan fingerprint density at radius 2 is 1.62 bits per heavy atom. The van der Waals surface area contributed by atoms with Crippen LogP contribution in [0.3, 0.4) is 0 Å². The molecule has 0 aliphatic heterocycles. The first-order valence-corrected chi connectivity index (χ1v) is 5.32. The highest BCUT2D eigenvalue weighted by molar-refractivity contribution is 4.89. The number of alkyl halides is 3. The second-order valence-corrected chi connectivity index (χ2v) is 4.88. The zero-order valence-corrected chi connectivity index (χ0v) is 9.30. The predicted molar refractivity (Wildman–Crippen MR) is 52.9 cm³/mol. The highest BCUT2D eigenvalue weighted by Crippen LogP contribution is 2.32. The maximum Gasteiger partial charge on any atom is 0.401 e.